The van der Waals surface area contributed by atoms with Crippen molar-refractivity contribution in [3.05, 3.63) is 114 Å². The van der Waals surface area contributed by atoms with Crippen molar-refractivity contribution in [3.8, 4) is 11.1 Å². The summed E-state index contributed by atoms with van der Waals surface area (Å²) in [6, 6.07) is 16.4. The van der Waals surface area contributed by atoms with E-state index in [1.807, 2.05) is 0 Å². The smallest absolute Gasteiger partial charge is 0.279 e. The minimum atomic E-state index is -4.50. The maximum atomic E-state index is 13.8. The lowest BCUT2D eigenvalue weighted by Crippen LogP contribution is -2.25. The van der Waals surface area contributed by atoms with Crippen molar-refractivity contribution in [2.24, 2.45) is 0 Å². The summed E-state index contributed by atoms with van der Waals surface area (Å²) < 4.78 is 67.4. The minimum Gasteiger partial charge on any atom is -0.279 e. The molecule has 1 aliphatic rings. The maximum absolute atomic E-state index is 13.8. The standard InChI is InChI=1S/C27H17F5N2O.CH4/c28-20-9-16(10-21(29)14-20)11-24-23-13-18(17-3-1-4-19(12-17)27(30,31)32)6-7-25(23)34(26(24)35)22-5-2-8-33-15-22;/h1-10,12-15,24H,11H2;1H4. The molecule has 8 heteroatoms. The van der Waals surface area contributed by atoms with E-state index < -0.39 is 29.3 Å². The molecule has 0 saturated carbocycles. The first-order valence-electron chi connectivity index (χ1n) is 10.7. The lowest BCUT2D eigenvalue weighted by atomic mass is 9.90. The molecular formula is C28H21F5N2O. The van der Waals surface area contributed by atoms with Crippen molar-refractivity contribution in [3.63, 3.8) is 0 Å². The molecule has 36 heavy (non-hydrogen) atoms. The topological polar surface area (TPSA) is 33.2 Å². The summed E-state index contributed by atoms with van der Waals surface area (Å²) in [6.45, 7) is 0. The van der Waals surface area contributed by atoms with Gasteiger partial charge in [0.15, 0.2) is 0 Å². The fourth-order valence-electron chi connectivity index (χ4n) is 4.41. The van der Waals surface area contributed by atoms with Gasteiger partial charge in [0, 0.05) is 12.3 Å². The number of halogens is 5. The van der Waals surface area contributed by atoms with Crippen molar-refractivity contribution in [2.75, 3.05) is 4.90 Å². The quantitative estimate of drug-likeness (QED) is 0.272. The molecule has 2 heterocycles. The molecule has 0 saturated heterocycles. The highest BCUT2D eigenvalue weighted by molar-refractivity contribution is 6.10. The predicted molar refractivity (Wildman–Crippen MR) is 128 cm³/mol. The predicted octanol–water partition coefficient (Wildman–Crippen LogP) is 7.69. The molecule has 1 amide bonds. The monoisotopic (exact) mass is 496 g/mol. The number of alkyl halides is 3. The van der Waals surface area contributed by atoms with E-state index in [1.54, 1.807) is 42.6 Å². The zero-order valence-corrected chi connectivity index (χ0v) is 18.1. The number of pyridine rings is 1. The van der Waals surface area contributed by atoms with Crippen LogP contribution in [0.3, 0.4) is 0 Å². The number of carbonyl (C=O) groups is 1. The van der Waals surface area contributed by atoms with E-state index in [2.05, 4.69) is 4.98 Å². The molecule has 1 aromatic heterocycles. The van der Waals surface area contributed by atoms with E-state index in [0.717, 1.165) is 18.2 Å². The van der Waals surface area contributed by atoms with Crippen molar-refractivity contribution in [2.45, 2.75) is 25.9 Å². The molecule has 184 valence electrons. The highest BCUT2D eigenvalue weighted by Crippen LogP contribution is 2.45. The zero-order valence-electron chi connectivity index (χ0n) is 18.1. The number of aromatic nitrogens is 1. The molecule has 0 spiro atoms. The molecule has 4 aromatic rings. The second kappa shape index (κ2) is 9.53. The Labute approximate surface area is 204 Å². The third-order valence-electron chi connectivity index (χ3n) is 5.95. The number of carbonyl (C=O) groups excluding carboxylic acids is 1. The van der Waals surface area contributed by atoms with Gasteiger partial charge in [-0.3, -0.25) is 14.7 Å². The molecule has 0 aliphatic carbocycles. The van der Waals surface area contributed by atoms with E-state index >= 15 is 0 Å². The second-order valence-electron chi connectivity index (χ2n) is 8.27. The molecule has 0 radical (unpaired) electrons. The van der Waals surface area contributed by atoms with Gasteiger partial charge in [0.05, 0.1) is 29.1 Å². The Bertz CT molecular complexity index is 1400. The first-order valence-corrected chi connectivity index (χ1v) is 10.7. The highest BCUT2D eigenvalue weighted by Gasteiger charge is 2.39. The summed E-state index contributed by atoms with van der Waals surface area (Å²) >= 11 is 0. The molecule has 3 aromatic carbocycles. The Kier molecular flexibility index (Phi) is 6.63. The van der Waals surface area contributed by atoms with Crippen molar-refractivity contribution in [1.29, 1.82) is 0 Å². The Hall–Kier alpha value is -4.07. The number of fused-ring (bicyclic) bond motifs is 1. The van der Waals surface area contributed by atoms with Crippen molar-refractivity contribution < 1.29 is 26.7 Å². The summed E-state index contributed by atoms with van der Waals surface area (Å²) in [7, 11) is 0. The van der Waals surface area contributed by atoms with Crippen LogP contribution in [0.25, 0.3) is 11.1 Å². The van der Waals surface area contributed by atoms with E-state index in [9.17, 15) is 26.7 Å². The van der Waals surface area contributed by atoms with Gasteiger partial charge in [-0.15, -0.1) is 0 Å². The molecular weight excluding hydrogens is 475 g/mol. The number of amides is 1. The second-order valence-corrected chi connectivity index (χ2v) is 8.27. The van der Waals surface area contributed by atoms with Crippen LogP contribution in [0.1, 0.15) is 30.0 Å². The first-order chi connectivity index (χ1) is 16.7. The van der Waals surface area contributed by atoms with Gasteiger partial charge in [0.25, 0.3) is 0 Å². The van der Waals surface area contributed by atoms with E-state index in [0.29, 0.717) is 33.6 Å². The summed E-state index contributed by atoms with van der Waals surface area (Å²) in [5, 5.41) is 0. The van der Waals surface area contributed by atoms with Gasteiger partial charge in [0.1, 0.15) is 11.6 Å². The van der Waals surface area contributed by atoms with Gasteiger partial charge in [-0.2, -0.15) is 13.2 Å². The summed E-state index contributed by atoms with van der Waals surface area (Å²) in [5.74, 6) is -2.63. The van der Waals surface area contributed by atoms with E-state index in [-0.39, 0.29) is 19.8 Å². The molecule has 1 atom stereocenters. The molecule has 0 fully saturated rings. The van der Waals surface area contributed by atoms with Crippen LogP contribution in [0.5, 0.6) is 0 Å². The van der Waals surface area contributed by atoms with Gasteiger partial charge in [-0.25, -0.2) is 8.78 Å². The number of hydrogen-bond acceptors (Lipinski definition) is 2. The Morgan fingerprint density at radius 2 is 1.58 bits per heavy atom. The van der Waals surface area contributed by atoms with Gasteiger partial charge in [0.2, 0.25) is 5.91 Å². The van der Waals surface area contributed by atoms with Gasteiger partial charge < -0.3 is 0 Å². The fraction of sp³-hybridized carbons (Fsp3) is 0.143. The van der Waals surface area contributed by atoms with Crippen molar-refractivity contribution in [1.82, 2.24) is 4.98 Å². The van der Waals surface area contributed by atoms with E-state index in [4.69, 9.17) is 0 Å². The van der Waals surface area contributed by atoms with Gasteiger partial charge >= 0.3 is 6.18 Å². The molecule has 1 aliphatic heterocycles. The van der Waals surface area contributed by atoms with Crippen LogP contribution in [0.4, 0.5) is 33.3 Å². The van der Waals surface area contributed by atoms with Crippen LogP contribution in [-0.2, 0) is 17.4 Å². The Balaban J connectivity index is 0.00000304. The number of nitrogens with zero attached hydrogens (tertiary/aromatic N) is 2. The number of rotatable bonds is 4. The van der Waals surface area contributed by atoms with Crippen LogP contribution in [-0.4, -0.2) is 10.9 Å². The molecule has 1 unspecified atom stereocenters. The van der Waals surface area contributed by atoms with E-state index in [1.165, 1.54) is 29.3 Å². The molecule has 3 nitrogen and oxygen atoms in total. The molecule has 5 rings (SSSR count). The normalized spacial score (nSPS) is 15.0. The van der Waals surface area contributed by atoms with Crippen molar-refractivity contribution >= 4 is 17.3 Å². The van der Waals surface area contributed by atoms with Gasteiger partial charge in [-0.05, 0) is 77.2 Å². The largest absolute Gasteiger partial charge is 0.416 e. The zero-order chi connectivity index (χ0) is 24.7. The SMILES string of the molecule is C.O=C1C(Cc2cc(F)cc(F)c2)c2cc(-c3cccc(C(F)(F)F)c3)ccc2N1c1cccnc1. The highest BCUT2D eigenvalue weighted by atomic mass is 19.4. The van der Waals surface area contributed by atoms with Crippen LogP contribution in [0, 0.1) is 11.6 Å². The fourth-order valence-corrected chi connectivity index (χ4v) is 4.41. The lowest BCUT2D eigenvalue weighted by Gasteiger charge is -2.18. The summed E-state index contributed by atoms with van der Waals surface area (Å²) in [5.41, 5.74) is 1.95. The minimum absolute atomic E-state index is 0. The average Bonchev–Trinajstić information content (AvgIpc) is 3.09. The van der Waals surface area contributed by atoms with Crippen LogP contribution < -0.4 is 4.90 Å². The summed E-state index contributed by atoms with van der Waals surface area (Å²) in [4.78, 5) is 19.1. The van der Waals surface area contributed by atoms with Gasteiger partial charge in [-0.1, -0.05) is 25.6 Å². The van der Waals surface area contributed by atoms with Crippen LogP contribution >= 0.6 is 0 Å². The first kappa shape index (κ1) is 25.0. The molecule has 0 N–H and O–H groups in total. The average molecular weight is 496 g/mol. The number of benzene rings is 3. The van der Waals surface area contributed by atoms with Crippen LogP contribution in [0.15, 0.2) is 85.2 Å². The summed E-state index contributed by atoms with van der Waals surface area (Å²) in [6.07, 6.45) is -1.39. The lowest BCUT2D eigenvalue weighted by molar-refractivity contribution is -0.137. The maximum Gasteiger partial charge on any atom is 0.416 e. The third-order valence-corrected chi connectivity index (χ3v) is 5.95. The number of anilines is 2. The Morgan fingerprint density at radius 1 is 0.861 bits per heavy atom. The third kappa shape index (κ3) is 4.71. The molecule has 0 bridgehead atoms. The Morgan fingerprint density at radius 3 is 2.25 bits per heavy atom. The van der Waals surface area contributed by atoms with Crippen LogP contribution in [0.2, 0.25) is 0 Å². The number of hydrogen-bond donors (Lipinski definition) is 0.